The Labute approximate surface area is 160 Å². The highest BCUT2D eigenvalue weighted by molar-refractivity contribution is 5.27. The van der Waals surface area contributed by atoms with Crippen LogP contribution in [0.3, 0.4) is 0 Å². The van der Waals surface area contributed by atoms with E-state index in [4.69, 9.17) is 9.47 Å². The van der Waals surface area contributed by atoms with Crippen molar-refractivity contribution in [1.29, 1.82) is 0 Å². The summed E-state index contributed by atoms with van der Waals surface area (Å²) in [6, 6.07) is 8.46. The van der Waals surface area contributed by atoms with Gasteiger partial charge in [0.25, 0.3) is 0 Å². The molecule has 0 bridgehead atoms. The first kappa shape index (κ1) is 22.9. The third-order valence-corrected chi connectivity index (χ3v) is 4.45. The van der Waals surface area contributed by atoms with Gasteiger partial charge in [-0.2, -0.15) is 0 Å². The second kappa shape index (κ2) is 13.1. The van der Waals surface area contributed by atoms with Crippen LogP contribution in [-0.2, 0) is 11.2 Å². The minimum absolute atomic E-state index is 0.309. The first-order valence-corrected chi connectivity index (χ1v) is 10.0. The molecule has 4 heteroatoms. The molecule has 2 atom stereocenters. The van der Waals surface area contributed by atoms with Crippen LogP contribution in [0.5, 0.6) is 5.75 Å². The highest BCUT2D eigenvalue weighted by atomic mass is 16.5. The molecular formula is C22H39NO3. The van der Waals surface area contributed by atoms with Gasteiger partial charge < -0.3 is 19.9 Å². The Kier molecular flexibility index (Phi) is 11.6. The van der Waals surface area contributed by atoms with Crippen LogP contribution in [-0.4, -0.2) is 44.1 Å². The number of hydrogen-bond donors (Lipinski definition) is 2. The predicted octanol–water partition coefficient (Wildman–Crippen LogP) is 4.06. The van der Waals surface area contributed by atoms with Crippen molar-refractivity contribution in [2.75, 3.05) is 26.9 Å². The Hall–Kier alpha value is -1.10. The molecule has 4 nitrogen and oxygen atoms in total. The minimum atomic E-state index is -0.503. The molecule has 1 aromatic rings. The van der Waals surface area contributed by atoms with Crippen LogP contribution in [0.15, 0.2) is 24.3 Å². The number of rotatable bonds is 14. The van der Waals surface area contributed by atoms with Gasteiger partial charge in [-0.25, -0.2) is 0 Å². The Morgan fingerprint density at radius 2 is 1.69 bits per heavy atom. The Balaban J connectivity index is 2.33. The lowest BCUT2D eigenvalue weighted by Crippen LogP contribution is -2.39. The monoisotopic (exact) mass is 365 g/mol. The smallest absolute Gasteiger partial charge is 0.119 e. The van der Waals surface area contributed by atoms with E-state index in [1.165, 1.54) is 12.0 Å². The van der Waals surface area contributed by atoms with Crippen molar-refractivity contribution in [3.8, 4) is 5.75 Å². The van der Waals surface area contributed by atoms with Gasteiger partial charge in [-0.3, -0.25) is 0 Å². The third-order valence-electron chi connectivity index (χ3n) is 4.45. The normalized spacial score (nSPS) is 14.0. The molecule has 2 N–H and O–H groups in total. The van der Waals surface area contributed by atoms with Crippen molar-refractivity contribution in [3.05, 3.63) is 29.8 Å². The maximum atomic E-state index is 10.2. The molecule has 1 unspecified atom stereocenters. The van der Waals surface area contributed by atoms with Crippen LogP contribution in [0.4, 0.5) is 0 Å². The van der Waals surface area contributed by atoms with Crippen molar-refractivity contribution in [2.45, 2.75) is 65.5 Å². The summed E-state index contributed by atoms with van der Waals surface area (Å²) in [4.78, 5) is 0. The minimum Gasteiger partial charge on any atom is -0.491 e. The van der Waals surface area contributed by atoms with Crippen LogP contribution >= 0.6 is 0 Å². The van der Waals surface area contributed by atoms with Crippen molar-refractivity contribution in [1.82, 2.24) is 5.32 Å². The number of aliphatic hydroxyl groups excluding tert-OH is 1. The zero-order valence-electron chi connectivity index (χ0n) is 17.3. The van der Waals surface area contributed by atoms with Crippen molar-refractivity contribution in [3.63, 3.8) is 0 Å². The molecule has 0 saturated heterocycles. The van der Waals surface area contributed by atoms with Crippen molar-refractivity contribution < 1.29 is 14.6 Å². The fraction of sp³-hybridized carbons (Fsp3) is 0.727. The number of nitrogens with one attached hydrogen (secondary N) is 1. The summed E-state index contributed by atoms with van der Waals surface area (Å²) in [7, 11) is 1.71. The molecule has 26 heavy (non-hydrogen) atoms. The van der Waals surface area contributed by atoms with Gasteiger partial charge in [-0.05, 0) is 55.2 Å². The van der Waals surface area contributed by atoms with E-state index < -0.39 is 6.10 Å². The fourth-order valence-corrected chi connectivity index (χ4v) is 2.93. The van der Waals surface area contributed by atoms with Crippen LogP contribution in [0, 0.1) is 11.8 Å². The van der Waals surface area contributed by atoms with Crippen molar-refractivity contribution in [2.24, 2.45) is 11.8 Å². The maximum Gasteiger partial charge on any atom is 0.119 e. The van der Waals surface area contributed by atoms with E-state index in [0.29, 0.717) is 31.0 Å². The molecule has 1 rings (SSSR count). The summed E-state index contributed by atoms with van der Waals surface area (Å²) in [5, 5.41) is 13.8. The Morgan fingerprint density at radius 3 is 2.27 bits per heavy atom. The van der Waals surface area contributed by atoms with Gasteiger partial charge in [0.1, 0.15) is 18.5 Å². The van der Waals surface area contributed by atoms with Crippen LogP contribution in [0.2, 0.25) is 0 Å². The summed E-state index contributed by atoms with van der Waals surface area (Å²) in [6.07, 6.45) is 3.91. The lowest BCUT2D eigenvalue weighted by atomic mass is 9.96. The molecule has 0 aliphatic rings. The van der Waals surface area contributed by atoms with Crippen LogP contribution < -0.4 is 10.1 Å². The van der Waals surface area contributed by atoms with E-state index in [2.05, 4.69) is 33.0 Å². The molecule has 0 fully saturated rings. The molecular weight excluding hydrogens is 326 g/mol. The topological polar surface area (TPSA) is 50.7 Å². The summed E-state index contributed by atoms with van der Waals surface area (Å²) < 4.78 is 10.8. The molecule has 1 aromatic carbocycles. The fourth-order valence-electron chi connectivity index (χ4n) is 2.93. The number of methoxy groups -OCH3 is 1. The number of aliphatic hydroxyl groups is 1. The van der Waals surface area contributed by atoms with Gasteiger partial charge in [-0.15, -0.1) is 0 Å². The molecule has 0 aliphatic carbocycles. The summed E-state index contributed by atoms with van der Waals surface area (Å²) >= 11 is 0. The molecule has 0 amide bonds. The molecule has 0 spiro atoms. The molecule has 0 aromatic heterocycles. The lowest BCUT2D eigenvalue weighted by Gasteiger charge is -2.23. The molecule has 0 saturated carbocycles. The highest BCUT2D eigenvalue weighted by Crippen LogP contribution is 2.15. The van der Waals surface area contributed by atoms with E-state index in [1.54, 1.807) is 7.11 Å². The standard InChI is InChI=1S/C22H39NO3/c1-17(2)6-9-20(14-18(3)4)23-15-21(24)16-26-22-10-7-19(8-11-22)12-13-25-5/h7-8,10-11,17-18,20-21,23-24H,6,9,12-16H2,1-5H3/t20-,21?/m1/s1. The van der Waals surface area contributed by atoms with E-state index >= 15 is 0 Å². The van der Waals surface area contributed by atoms with Gasteiger partial charge in [0, 0.05) is 19.7 Å². The molecule has 0 heterocycles. The first-order chi connectivity index (χ1) is 12.4. The van der Waals surface area contributed by atoms with E-state index in [9.17, 15) is 5.11 Å². The second-order valence-electron chi connectivity index (χ2n) is 8.06. The van der Waals surface area contributed by atoms with Gasteiger partial charge >= 0.3 is 0 Å². The predicted molar refractivity (Wildman–Crippen MR) is 109 cm³/mol. The van der Waals surface area contributed by atoms with Gasteiger partial charge in [0.2, 0.25) is 0 Å². The SMILES string of the molecule is COCCc1ccc(OCC(O)CN[C@H](CCC(C)C)CC(C)C)cc1. The van der Waals surface area contributed by atoms with E-state index in [-0.39, 0.29) is 0 Å². The summed E-state index contributed by atoms with van der Waals surface area (Å²) in [5.41, 5.74) is 1.23. The zero-order chi connectivity index (χ0) is 19.4. The first-order valence-electron chi connectivity index (χ1n) is 10.0. The maximum absolute atomic E-state index is 10.2. The average molecular weight is 366 g/mol. The quantitative estimate of drug-likeness (QED) is 0.522. The number of hydrogen-bond acceptors (Lipinski definition) is 4. The average Bonchev–Trinajstić information content (AvgIpc) is 2.60. The summed E-state index contributed by atoms with van der Waals surface area (Å²) in [6.45, 7) is 10.6. The van der Waals surface area contributed by atoms with Crippen LogP contribution in [0.25, 0.3) is 0 Å². The third kappa shape index (κ3) is 10.8. The van der Waals surface area contributed by atoms with Crippen molar-refractivity contribution >= 4 is 0 Å². The Morgan fingerprint density at radius 1 is 1.00 bits per heavy atom. The second-order valence-corrected chi connectivity index (χ2v) is 8.06. The van der Waals surface area contributed by atoms with E-state index in [0.717, 1.165) is 31.6 Å². The number of ether oxygens (including phenoxy) is 2. The highest BCUT2D eigenvalue weighted by Gasteiger charge is 2.14. The van der Waals surface area contributed by atoms with Crippen LogP contribution in [0.1, 0.15) is 52.5 Å². The Bertz CT molecular complexity index is 459. The summed E-state index contributed by atoms with van der Waals surface area (Å²) in [5.74, 6) is 2.17. The van der Waals surface area contributed by atoms with Gasteiger partial charge in [0.15, 0.2) is 0 Å². The molecule has 0 aliphatic heterocycles. The number of benzene rings is 1. The molecule has 150 valence electrons. The van der Waals surface area contributed by atoms with E-state index in [1.807, 2.05) is 24.3 Å². The lowest BCUT2D eigenvalue weighted by molar-refractivity contribution is 0.102. The molecule has 0 radical (unpaired) electrons. The largest absolute Gasteiger partial charge is 0.491 e. The van der Waals surface area contributed by atoms with Gasteiger partial charge in [-0.1, -0.05) is 39.8 Å². The van der Waals surface area contributed by atoms with Gasteiger partial charge in [0.05, 0.1) is 6.61 Å². The zero-order valence-corrected chi connectivity index (χ0v) is 17.3.